The molecule has 208 valence electrons. The van der Waals surface area contributed by atoms with Crippen LogP contribution in [0.5, 0.6) is 0 Å². The molecule has 1 aliphatic carbocycles. The second-order valence-corrected chi connectivity index (χ2v) is 11.8. The van der Waals surface area contributed by atoms with Gasteiger partial charge in [-0.15, -0.1) is 5.10 Å². The first kappa shape index (κ1) is 27.4. The number of hydrogen-bond donors (Lipinski definition) is 2. The summed E-state index contributed by atoms with van der Waals surface area (Å²) >= 11 is -2.50. The quantitative estimate of drug-likeness (QED) is 0.272. The number of carbonyl (C=O) groups is 1. The van der Waals surface area contributed by atoms with Gasteiger partial charge in [0.25, 0.3) is 11.5 Å². The minimum Gasteiger partial charge on any atom is -0.350 e. The minimum atomic E-state index is -2.50. The Morgan fingerprint density at radius 1 is 1.18 bits per heavy atom. The Balaban J connectivity index is 1.21. The van der Waals surface area contributed by atoms with E-state index in [9.17, 15) is 18.4 Å². The van der Waals surface area contributed by atoms with Crippen LogP contribution in [-0.2, 0) is 38.5 Å². The van der Waals surface area contributed by atoms with Gasteiger partial charge in [0.2, 0.25) is 0 Å². The highest BCUT2D eigenvalue weighted by atomic mass is 32.2. The van der Waals surface area contributed by atoms with Crippen molar-refractivity contribution in [1.29, 1.82) is 0 Å². The number of hydroxylamine groups is 1. The molecule has 2 N–H and O–H groups in total. The SMILES string of the molecule is CC(CCn1ccc(-c2ccc(-c3cn(CC4CC4)nn3)cc2)cc1=O)(C(=O)NOC1CCCCO1)S(=O)O. The molecule has 12 heteroatoms. The van der Waals surface area contributed by atoms with Gasteiger partial charge in [-0.05, 0) is 62.1 Å². The summed E-state index contributed by atoms with van der Waals surface area (Å²) in [6.07, 6.45) is 7.93. The van der Waals surface area contributed by atoms with Crippen LogP contribution < -0.4 is 11.0 Å². The minimum absolute atomic E-state index is 0.0494. The van der Waals surface area contributed by atoms with E-state index in [0.29, 0.717) is 13.0 Å². The van der Waals surface area contributed by atoms with Gasteiger partial charge in [-0.1, -0.05) is 29.5 Å². The van der Waals surface area contributed by atoms with Crippen molar-refractivity contribution in [3.8, 4) is 22.4 Å². The van der Waals surface area contributed by atoms with Crippen LogP contribution in [0.1, 0.15) is 45.4 Å². The molecular weight excluding hydrogens is 522 g/mol. The Kier molecular flexibility index (Phi) is 8.36. The first-order valence-electron chi connectivity index (χ1n) is 13.2. The summed E-state index contributed by atoms with van der Waals surface area (Å²) < 4.78 is 29.0. The Morgan fingerprint density at radius 2 is 1.95 bits per heavy atom. The number of aromatic nitrogens is 4. The molecule has 39 heavy (non-hydrogen) atoms. The van der Waals surface area contributed by atoms with E-state index in [1.54, 1.807) is 12.3 Å². The van der Waals surface area contributed by atoms with Crippen molar-refractivity contribution in [2.45, 2.75) is 69.6 Å². The van der Waals surface area contributed by atoms with E-state index in [-0.39, 0.29) is 18.5 Å². The Hall–Kier alpha value is -3.19. The molecule has 2 aromatic heterocycles. The van der Waals surface area contributed by atoms with Gasteiger partial charge in [0, 0.05) is 43.9 Å². The van der Waals surface area contributed by atoms with Gasteiger partial charge in [-0.25, -0.2) is 14.5 Å². The second-order valence-electron chi connectivity index (χ2n) is 10.4. The van der Waals surface area contributed by atoms with Crippen LogP contribution in [0.15, 0.2) is 53.6 Å². The summed E-state index contributed by atoms with van der Waals surface area (Å²) in [7, 11) is 0. The molecule has 0 spiro atoms. The van der Waals surface area contributed by atoms with Crippen LogP contribution in [0.25, 0.3) is 22.4 Å². The monoisotopic (exact) mass is 555 g/mol. The zero-order valence-electron chi connectivity index (χ0n) is 21.8. The number of amides is 1. The van der Waals surface area contributed by atoms with Gasteiger partial charge in [0.15, 0.2) is 22.1 Å². The fourth-order valence-corrected chi connectivity index (χ4v) is 4.90. The number of nitrogens with zero attached hydrogens (tertiary/aromatic N) is 4. The average molecular weight is 556 g/mol. The predicted octanol–water partition coefficient (Wildman–Crippen LogP) is 3.13. The van der Waals surface area contributed by atoms with E-state index in [1.807, 2.05) is 35.1 Å². The highest BCUT2D eigenvalue weighted by Gasteiger charge is 2.40. The molecule has 0 radical (unpaired) electrons. The maximum atomic E-state index is 12.8. The van der Waals surface area contributed by atoms with Gasteiger partial charge in [-0.3, -0.25) is 14.3 Å². The molecule has 11 nitrogen and oxygen atoms in total. The van der Waals surface area contributed by atoms with Crippen LogP contribution in [0.2, 0.25) is 0 Å². The van der Waals surface area contributed by atoms with Gasteiger partial charge in [0.1, 0.15) is 5.69 Å². The van der Waals surface area contributed by atoms with Crippen molar-refractivity contribution in [3.05, 3.63) is 59.1 Å². The second kappa shape index (κ2) is 11.9. The Labute approximate surface area is 228 Å². The summed E-state index contributed by atoms with van der Waals surface area (Å²) in [4.78, 5) is 30.9. The van der Waals surface area contributed by atoms with Crippen LogP contribution >= 0.6 is 0 Å². The molecule has 3 aromatic rings. The van der Waals surface area contributed by atoms with Crippen LogP contribution in [0, 0.1) is 5.92 Å². The zero-order valence-corrected chi connectivity index (χ0v) is 22.6. The van der Waals surface area contributed by atoms with E-state index < -0.39 is 28.0 Å². The molecule has 1 saturated carbocycles. The lowest BCUT2D eigenvalue weighted by Crippen LogP contribution is -2.49. The molecule has 0 bridgehead atoms. The van der Waals surface area contributed by atoms with E-state index in [4.69, 9.17) is 9.57 Å². The molecule has 1 saturated heterocycles. The Morgan fingerprint density at radius 3 is 2.62 bits per heavy atom. The predicted molar refractivity (Wildman–Crippen MR) is 144 cm³/mol. The van der Waals surface area contributed by atoms with Gasteiger partial charge in [0.05, 0.1) is 6.20 Å². The van der Waals surface area contributed by atoms with Crippen LogP contribution in [0.4, 0.5) is 0 Å². The molecule has 5 rings (SSSR count). The number of aryl methyl sites for hydroxylation is 1. The molecule has 2 aliphatic rings. The standard InChI is InChI=1S/C27H33N5O6S/c1-27(39(35)36,26(34)29-38-25-4-2-3-15-37-25)12-14-31-13-11-22(16-24(31)33)20-7-9-21(10-8-20)23-18-32(30-28-23)17-19-5-6-19/h7-11,13,16,18-19,25H,2-6,12,14-15,17H2,1H3,(H,29,34)(H,35,36). The number of ether oxygens (including phenoxy) is 1. The topological polar surface area (TPSA) is 138 Å². The number of nitrogens with one attached hydrogen (secondary N) is 1. The Bertz CT molecular complexity index is 1380. The molecular formula is C27H33N5O6S. The zero-order chi connectivity index (χ0) is 27.4. The summed E-state index contributed by atoms with van der Waals surface area (Å²) in [5, 5.41) is 8.49. The molecule has 2 fully saturated rings. The number of pyridine rings is 1. The van der Waals surface area contributed by atoms with E-state index >= 15 is 0 Å². The lowest BCUT2D eigenvalue weighted by atomic mass is 10.0. The van der Waals surface area contributed by atoms with Gasteiger partial charge in [-0.2, -0.15) is 0 Å². The van der Waals surface area contributed by atoms with E-state index in [2.05, 4.69) is 15.8 Å². The molecule has 3 heterocycles. The fraction of sp³-hybridized carbons (Fsp3) is 0.481. The number of rotatable bonds is 11. The summed E-state index contributed by atoms with van der Waals surface area (Å²) in [6.45, 7) is 2.89. The molecule has 1 amide bonds. The lowest BCUT2D eigenvalue weighted by Gasteiger charge is -2.27. The van der Waals surface area contributed by atoms with Crippen molar-refractivity contribution < 1.29 is 23.1 Å². The highest BCUT2D eigenvalue weighted by molar-refractivity contribution is 7.81. The maximum absolute atomic E-state index is 12.8. The number of benzene rings is 1. The van der Waals surface area contributed by atoms with Crippen LogP contribution in [-0.4, -0.2) is 51.9 Å². The largest absolute Gasteiger partial charge is 0.350 e. The third kappa shape index (κ3) is 6.70. The van der Waals surface area contributed by atoms with Crippen molar-refractivity contribution in [2.75, 3.05) is 6.61 Å². The first-order chi connectivity index (χ1) is 18.8. The summed E-state index contributed by atoms with van der Waals surface area (Å²) in [6, 6.07) is 11.1. The third-order valence-corrected chi connectivity index (χ3v) is 8.47. The highest BCUT2D eigenvalue weighted by Crippen LogP contribution is 2.31. The van der Waals surface area contributed by atoms with E-state index in [0.717, 1.165) is 47.7 Å². The maximum Gasteiger partial charge on any atom is 0.264 e. The van der Waals surface area contributed by atoms with Crippen molar-refractivity contribution in [3.63, 3.8) is 0 Å². The first-order valence-corrected chi connectivity index (χ1v) is 14.3. The number of carbonyl (C=O) groups excluding carboxylic acids is 1. The van der Waals surface area contributed by atoms with Crippen molar-refractivity contribution in [1.82, 2.24) is 25.0 Å². The summed E-state index contributed by atoms with van der Waals surface area (Å²) in [5.41, 5.74) is 5.36. The van der Waals surface area contributed by atoms with Crippen LogP contribution in [0.3, 0.4) is 0 Å². The van der Waals surface area contributed by atoms with Crippen molar-refractivity contribution in [2.24, 2.45) is 5.92 Å². The average Bonchev–Trinajstić information content (AvgIpc) is 3.65. The molecule has 3 atom stereocenters. The molecule has 1 aromatic carbocycles. The normalized spacial score (nSPS) is 19.8. The van der Waals surface area contributed by atoms with Gasteiger partial charge >= 0.3 is 0 Å². The molecule has 1 aliphatic heterocycles. The smallest absolute Gasteiger partial charge is 0.264 e. The summed E-state index contributed by atoms with van der Waals surface area (Å²) in [5.74, 6) is -0.0223. The van der Waals surface area contributed by atoms with Crippen molar-refractivity contribution >= 4 is 17.0 Å². The third-order valence-electron chi connectivity index (χ3n) is 7.31. The number of hydrogen-bond acceptors (Lipinski definition) is 7. The fourth-order valence-electron chi connectivity index (χ4n) is 4.44. The molecule has 3 unspecified atom stereocenters. The van der Waals surface area contributed by atoms with Gasteiger partial charge < -0.3 is 13.9 Å². The lowest BCUT2D eigenvalue weighted by molar-refractivity contribution is -0.201. The van der Waals surface area contributed by atoms with E-state index in [1.165, 1.54) is 30.4 Å².